The Labute approximate surface area is 159 Å². The number of esters is 1. The zero-order chi connectivity index (χ0) is 19.5. The van der Waals surface area contributed by atoms with Gasteiger partial charge in [-0.2, -0.15) is 4.98 Å². The summed E-state index contributed by atoms with van der Waals surface area (Å²) in [6.07, 6.45) is 2.69. The number of carbonyl (C=O) groups is 1. The molecule has 0 aliphatic heterocycles. The predicted molar refractivity (Wildman–Crippen MR) is 98.6 cm³/mol. The molecule has 1 aromatic carbocycles. The molecule has 4 aromatic rings. The molecule has 0 amide bonds. The van der Waals surface area contributed by atoms with E-state index in [1.165, 1.54) is 16.6 Å². The number of rotatable bonds is 5. The van der Waals surface area contributed by atoms with Crippen LogP contribution in [0.2, 0.25) is 0 Å². The van der Waals surface area contributed by atoms with Crippen molar-refractivity contribution in [3.8, 4) is 23.1 Å². The van der Waals surface area contributed by atoms with E-state index in [2.05, 4.69) is 15.1 Å². The lowest BCUT2D eigenvalue weighted by Gasteiger charge is -2.10. The van der Waals surface area contributed by atoms with E-state index < -0.39 is 11.8 Å². The van der Waals surface area contributed by atoms with Crippen LogP contribution in [0, 0.1) is 5.82 Å². The van der Waals surface area contributed by atoms with Crippen molar-refractivity contribution in [2.24, 2.45) is 0 Å². The Morgan fingerprint density at radius 2 is 1.96 bits per heavy atom. The molecule has 8 heteroatoms. The molecule has 3 aromatic heterocycles. The molecule has 0 atom stereocenters. The summed E-state index contributed by atoms with van der Waals surface area (Å²) in [6, 6.07) is 13.4. The summed E-state index contributed by atoms with van der Waals surface area (Å²) in [7, 11) is 0. The lowest BCUT2D eigenvalue weighted by atomic mass is 10.3. The topological polar surface area (TPSA) is 78.6 Å². The van der Waals surface area contributed by atoms with Crippen LogP contribution in [0.1, 0.15) is 17.3 Å². The van der Waals surface area contributed by atoms with Crippen molar-refractivity contribution in [1.29, 1.82) is 0 Å². The number of hydrogen-bond acceptors (Lipinski definition) is 6. The molecule has 0 fully saturated rings. The minimum Gasteiger partial charge on any atom is -0.462 e. The lowest BCUT2D eigenvalue weighted by Crippen LogP contribution is -2.07. The fourth-order valence-corrected chi connectivity index (χ4v) is 2.65. The molecule has 0 saturated heterocycles. The van der Waals surface area contributed by atoms with Gasteiger partial charge in [0, 0.05) is 6.20 Å². The first kappa shape index (κ1) is 17.6. The average molecular weight is 378 g/mol. The highest BCUT2D eigenvalue weighted by Crippen LogP contribution is 2.29. The number of carbonyl (C=O) groups excluding carboxylic acids is 1. The molecule has 0 unspecified atom stereocenters. The van der Waals surface area contributed by atoms with E-state index >= 15 is 0 Å². The van der Waals surface area contributed by atoms with Crippen LogP contribution in [0.3, 0.4) is 0 Å². The van der Waals surface area contributed by atoms with Gasteiger partial charge >= 0.3 is 5.97 Å². The highest BCUT2D eigenvalue weighted by atomic mass is 19.1. The maximum absolute atomic E-state index is 13.2. The predicted octanol–water partition coefficient (Wildman–Crippen LogP) is 3.90. The largest absolute Gasteiger partial charge is 0.462 e. The van der Waals surface area contributed by atoms with Crippen molar-refractivity contribution < 1.29 is 18.7 Å². The van der Waals surface area contributed by atoms with Crippen LogP contribution in [0.25, 0.3) is 17.0 Å². The van der Waals surface area contributed by atoms with E-state index in [-0.39, 0.29) is 23.9 Å². The van der Waals surface area contributed by atoms with E-state index in [9.17, 15) is 9.18 Å². The highest BCUT2D eigenvalue weighted by molar-refractivity contribution is 5.98. The van der Waals surface area contributed by atoms with Gasteiger partial charge in [0.05, 0.1) is 18.4 Å². The van der Waals surface area contributed by atoms with Gasteiger partial charge in [-0.3, -0.25) is 0 Å². The lowest BCUT2D eigenvalue weighted by molar-refractivity contribution is 0.0528. The number of aromatic nitrogens is 4. The standard InChI is InChI=1S/C20H15FN4O3/c1-2-27-20(26)15-10-11-25-17(15)19(28-14-6-4-3-5-7-14)23-18(24-25)16-9-8-13(21)12-22-16/h3-12H,2H2,1H3. The second kappa shape index (κ2) is 7.43. The number of benzene rings is 1. The zero-order valence-corrected chi connectivity index (χ0v) is 14.9. The van der Waals surface area contributed by atoms with E-state index in [1.54, 1.807) is 31.3 Å². The Bertz CT molecular complexity index is 1130. The first-order chi connectivity index (χ1) is 13.7. The minimum absolute atomic E-state index is 0.162. The number of nitrogens with zero attached hydrogens (tertiary/aromatic N) is 4. The summed E-state index contributed by atoms with van der Waals surface area (Å²) >= 11 is 0. The third-order valence-electron chi connectivity index (χ3n) is 3.89. The van der Waals surface area contributed by atoms with Crippen molar-refractivity contribution in [3.05, 3.63) is 72.3 Å². The fraction of sp³-hybridized carbons (Fsp3) is 0.100. The fourth-order valence-electron chi connectivity index (χ4n) is 2.65. The Kier molecular flexibility index (Phi) is 4.67. The van der Waals surface area contributed by atoms with Crippen molar-refractivity contribution in [2.75, 3.05) is 6.61 Å². The number of halogens is 1. The number of para-hydroxylation sites is 1. The van der Waals surface area contributed by atoms with Gasteiger partial charge in [-0.25, -0.2) is 18.7 Å². The summed E-state index contributed by atoms with van der Waals surface area (Å²) in [5.41, 5.74) is 1.02. The summed E-state index contributed by atoms with van der Waals surface area (Å²) in [5, 5.41) is 4.37. The van der Waals surface area contributed by atoms with Gasteiger partial charge in [0.25, 0.3) is 0 Å². The molecule has 0 aliphatic carbocycles. The average Bonchev–Trinajstić information content (AvgIpc) is 3.14. The molecular formula is C20H15FN4O3. The second-order valence-electron chi connectivity index (χ2n) is 5.76. The van der Waals surface area contributed by atoms with Crippen LogP contribution >= 0.6 is 0 Å². The monoisotopic (exact) mass is 378 g/mol. The van der Waals surface area contributed by atoms with Crippen molar-refractivity contribution >= 4 is 11.5 Å². The quantitative estimate of drug-likeness (QED) is 0.490. The molecule has 4 rings (SSSR count). The smallest absolute Gasteiger partial charge is 0.340 e. The van der Waals surface area contributed by atoms with E-state index in [0.29, 0.717) is 17.0 Å². The van der Waals surface area contributed by atoms with Crippen molar-refractivity contribution in [3.63, 3.8) is 0 Å². The zero-order valence-electron chi connectivity index (χ0n) is 14.9. The second-order valence-corrected chi connectivity index (χ2v) is 5.76. The third-order valence-corrected chi connectivity index (χ3v) is 3.89. The third kappa shape index (κ3) is 3.39. The first-order valence-corrected chi connectivity index (χ1v) is 8.57. The number of fused-ring (bicyclic) bond motifs is 1. The van der Waals surface area contributed by atoms with E-state index in [0.717, 1.165) is 6.20 Å². The molecule has 0 spiro atoms. The Morgan fingerprint density at radius 1 is 1.14 bits per heavy atom. The van der Waals surface area contributed by atoms with Crippen molar-refractivity contribution in [1.82, 2.24) is 19.6 Å². The molecule has 0 saturated carbocycles. The van der Waals surface area contributed by atoms with Gasteiger partial charge in [-0.15, -0.1) is 5.10 Å². The SMILES string of the molecule is CCOC(=O)c1ccn2nc(-c3ccc(F)cn3)nc(Oc3ccccc3)c12. The van der Waals surface area contributed by atoms with Gasteiger partial charge in [0.15, 0.2) is 0 Å². The van der Waals surface area contributed by atoms with Gasteiger partial charge in [-0.05, 0) is 37.3 Å². The molecule has 28 heavy (non-hydrogen) atoms. The molecule has 0 aliphatic rings. The van der Waals surface area contributed by atoms with E-state index in [1.807, 2.05) is 18.2 Å². The highest BCUT2D eigenvalue weighted by Gasteiger charge is 2.21. The van der Waals surface area contributed by atoms with Gasteiger partial charge in [0.2, 0.25) is 11.7 Å². The molecule has 7 nitrogen and oxygen atoms in total. The summed E-state index contributed by atoms with van der Waals surface area (Å²) in [5.74, 6) is -0.0349. The normalized spacial score (nSPS) is 10.8. The van der Waals surface area contributed by atoms with E-state index in [4.69, 9.17) is 9.47 Å². The summed E-state index contributed by atoms with van der Waals surface area (Å²) < 4.78 is 25.7. The molecule has 3 heterocycles. The van der Waals surface area contributed by atoms with Gasteiger partial charge in [0.1, 0.15) is 22.8 Å². The maximum atomic E-state index is 13.2. The van der Waals surface area contributed by atoms with Gasteiger partial charge in [-0.1, -0.05) is 18.2 Å². The molecule has 0 N–H and O–H groups in total. The van der Waals surface area contributed by atoms with Gasteiger partial charge < -0.3 is 9.47 Å². The summed E-state index contributed by atoms with van der Waals surface area (Å²) in [4.78, 5) is 20.8. The molecule has 0 bridgehead atoms. The molecule has 140 valence electrons. The van der Waals surface area contributed by atoms with Crippen LogP contribution in [0.5, 0.6) is 11.6 Å². The molecular weight excluding hydrogens is 363 g/mol. The number of pyridine rings is 1. The Hall–Kier alpha value is -3.81. The summed E-state index contributed by atoms with van der Waals surface area (Å²) in [6.45, 7) is 1.97. The first-order valence-electron chi connectivity index (χ1n) is 8.57. The van der Waals surface area contributed by atoms with Crippen LogP contribution in [0.15, 0.2) is 60.9 Å². The van der Waals surface area contributed by atoms with Crippen LogP contribution in [0.4, 0.5) is 4.39 Å². The van der Waals surface area contributed by atoms with Crippen molar-refractivity contribution in [2.45, 2.75) is 6.92 Å². The number of hydrogen-bond donors (Lipinski definition) is 0. The Balaban J connectivity index is 1.88. The maximum Gasteiger partial charge on any atom is 0.340 e. The van der Waals surface area contributed by atoms with Crippen LogP contribution in [-0.4, -0.2) is 32.2 Å². The number of ether oxygens (including phenoxy) is 2. The van der Waals surface area contributed by atoms with Crippen LogP contribution in [-0.2, 0) is 4.74 Å². The minimum atomic E-state index is -0.501. The van der Waals surface area contributed by atoms with Crippen LogP contribution < -0.4 is 4.74 Å². The molecule has 0 radical (unpaired) electrons. The Morgan fingerprint density at radius 3 is 2.68 bits per heavy atom.